The first kappa shape index (κ1) is 17.6. The third-order valence-electron chi connectivity index (χ3n) is 4.64. The minimum atomic E-state index is -0.286. The van der Waals surface area contributed by atoms with Gasteiger partial charge in [-0.15, -0.1) is 0 Å². The van der Waals surface area contributed by atoms with Gasteiger partial charge in [0.2, 0.25) is 5.71 Å². The van der Waals surface area contributed by atoms with Crippen LogP contribution in [0.1, 0.15) is 0 Å². The number of aromatic nitrogens is 4. The number of hydrogen-bond donors (Lipinski definition) is 0. The molecule has 142 valence electrons. The largest absolute Gasteiger partial charge is 0.438 e. The Bertz CT molecular complexity index is 1300. The Morgan fingerprint density at radius 1 is 0.931 bits per heavy atom. The predicted octanol–water partition coefficient (Wildman–Crippen LogP) is 5.69. The summed E-state index contributed by atoms with van der Waals surface area (Å²) < 4.78 is 21.1. The predicted molar refractivity (Wildman–Crippen MR) is 113 cm³/mol. The summed E-state index contributed by atoms with van der Waals surface area (Å²) >= 11 is 1.47. The van der Waals surface area contributed by atoms with Gasteiger partial charge in [-0.25, -0.2) is 18.4 Å². The third-order valence-corrected chi connectivity index (χ3v) is 5.20. The molecular formula is C22H15FN4OS. The maximum atomic E-state index is 13.4. The summed E-state index contributed by atoms with van der Waals surface area (Å²) in [7, 11) is 0. The van der Waals surface area contributed by atoms with Gasteiger partial charge in [0, 0.05) is 29.1 Å². The van der Waals surface area contributed by atoms with Crippen molar-refractivity contribution in [1.82, 2.24) is 19.2 Å². The highest BCUT2D eigenvalue weighted by Crippen LogP contribution is 2.37. The minimum absolute atomic E-state index is 0.286. The maximum absolute atomic E-state index is 13.4. The topological polar surface area (TPSA) is 56.7 Å². The Morgan fingerprint density at radius 2 is 1.72 bits per heavy atom. The van der Waals surface area contributed by atoms with Crippen LogP contribution in [0.2, 0.25) is 0 Å². The van der Waals surface area contributed by atoms with E-state index in [-0.39, 0.29) is 5.82 Å². The van der Waals surface area contributed by atoms with E-state index < -0.39 is 0 Å². The standard InChI is InChI=1S/C22H15FN4OS/c1-29-27-12-18(20(26-27)15-7-9-16(23)10-8-15)21-17-11-19(14-5-3-2-4-6-14)28-22(17)25-13-24-21/h2-13H,1H3. The second-order valence-corrected chi connectivity index (χ2v) is 7.14. The van der Waals surface area contributed by atoms with E-state index in [9.17, 15) is 4.39 Å². The Morgan fingerprint density at radius 3 is 2.48 bits per heavy atom. The summed E-state index contributed by atoms with van der Waals surface area (Å²) in [4.78, 5) is 8.82. The Labute approximate surface area is 170 Å². The molecule has 0 fully saturated rings. The van der Waals surface area contributed by atoms with Crippen molar-refractivity contribution < 1.29 is 8.81 Å². The van der Waals surface area contributed by atoms with Crippen LogP contribution in [-0.2, 0) is 0 Å². The van der Waals surface area contributed by atoms with Gasteiger partial charge in [-0.05, 0) is 42.3 Å². The molecule has 3 heterocycles. The second kappa shape index (κ2) is 7.18. The van der Waals surface area contributed by atoms with Crippen LogP contribution in [0.4, 0.5) is 4.39 Å². The SMILES string of the molecule is CSn1cc(-c2ncnc3oc(-c4ccccc4)cc23)c(-c2ccc(F)cc2)n1. The molecule has 0 unspecified atom stereocenters. The molecule has 0 N–H and O–H groups in total. The average Bonchev–Trinajstić information content (AvgIpc) is 3.39. The van der Waals surface area contributed by atoms with Gasteiger partial charge >= 0.3 is 0 Å². The molecule has 5 rings (SSSR count). The fourth-order valence-electron chi connectivity index (χ4n) is 3.26. The molecule has 0 radical (unpaired) electrons. The van der Waals surface area contributed by atoms with Crippen molar-refractivity contribution in [2.75, 3.05) is 6.26 Å². The number of benzene rings is 2. The van der Waals surface area contributed by atoms with Gasteiger partial charge in [-0.3, -0.25) is 0 Å². The molecule has 3 aromatic heterocycles. The number of rotatable bonds is 4. The molecule has 0 bridgehead atoms. The highest BCUT2D eigenvalue weighted by Gasteiger charge is 2.19. The molecule has 29 heavy (non-hydrogen) atoms. The van der Waals surface area contributed by atoms with E-state index in [2.05, 4.69) is 15.1 Å². The molecule has 0 saturated carbocycles. The summed E-state index contributed by atoms with van der Waals surface area (Å²) in [6.07, 6.45) is 5.34. The summed E-state index contributed by atoms with van der Waals surface area (Å²) in [5, 5.41) is 5.44. The summed E-state index contributed by atoms with van der Waals surface area (Å²) in [5.41, 5.74) is 4.57. The van der Waals surface area contributed by atoms with Crippen LogP contribution in [0.3, 0.4) is 0 Å². The molecule has 7 heteroatoms. The van der Waals surface area contributed by atoms with E-state index in [0.717, 1.165) is 39.2 Å². The van der Waals surface area contributed by atoms with E-state index in [1.54, 1.807) is 16.2 Å². The molecular weight excluding hydrogens is 387 g/mol. The third kappa shape index (κ3) is 3.19. The fraction of sp³-hybridized carbons (Fsp3) is 0.0455. The van der Waals surface area contributed by atoms with Crippen LogP contribution < -0.4 is 0 Å². The average molecular weight is 402 g/mol. The number of furan rings is 1. The number of halogens is 1. The van der Waals surface area contributed by atoms with Gasteiger partial charge < -0.3 is 4.42 Å². The summed E-state index contributed by atoms with van der Waals surface area (Å²) in [6, 6.07) is 18.1. The highest BCUT2D eigenvalue weighted by atomic mass is 32.2. The lowest BCUT2D eigenvalue weighted by Gasteiger charge is -2.02. The minimum Gasteiger partial charge on any atom is -0.438 e. The van der Waals surface area contributed by atoms with Crippen molar-refractivity contribution in [2.45, 2.75) is 0 Å². The molecule has 0 aliphatic rings. The van der Waals surface area contributed by atoms with Crippen molar-refractivity contribution in [2.24, 2.45) is 0 Å². The zero-order valence-electron chi connectivity index (χ0n) is 15.4. The van der Waals surface area contributed by atoms with Crippen molar-refractivity contribution >= 4 is 23.0 Å². The molecule has 0 atom stereocenters. The molecule has 0 aliphatic heterocycles. The van der Waals surface area contributed by atoms with Gasteiger partial charge in [0.25, 0.3) is 0 Å². The molecule has 5 nitrogen and oxygen atoms in total. The molecule has 0 amide bonds. The van der Waals surface area contributed by atoms with Crippen molar-refractivity contribution in [3.05, 3.63) is 79.0 Å². The Kier molecular flexibility index (Phi) is 4.37. The van der Waals surface area contributed by atoms with Crippen LogP contribution in [0, 0.1) is 5.82 Å². The number of hydrogen-bond acceptors (Lipinski definition) is 5. The van der Waals surface area contributed by atoms with Crippen molar-refractivity contribution in [3.63, 3.8) is 0 Å². The molecule has 0 saturated heterocycles. The van der Waals surface area contributed by atoms with Crippen LogP contribution in [0.15, 0.2) is 77.6 Å². The van der Waals surface area contributed by atoms with Crippen molar-refractivity contribution in [3.8, 4) is 33.8 Å². The zero-order chi connectivity index (χ0) is 19.8. The molecule has 0 spiro atoms. The smallest absolute Gasteiger partial charge is 0.230 e. The molecule has 5 aromatic rings. The quantitative estimate of drug-likeness (QED) is 0.387. The summed E-state index contributed by atoms with van der Waals surface area (Å²) in [6.45, 7) is 0. The van der Waals surface area contributed by atoms with Gasteiger partial charge in [-0.1, -0.05) is 30.3 Å². The van der Waals surface area contributed by atoms with E-state index in [1.807, 2.05) is 48.9 Å². The zero-order valence-corrected chi connectivity index (χ0v) is 16.2. The van der Waals surface area contributed by atoms with E-state index >= 15 is 0 Å². The second-order valence-electron chi connectivity index (χ2n) is 6.40. The number of fused-ring (bicyclic) bond motifs is 1. The van der Waals surface area contributed by atoms with E-state index in [0.29, 0.717) is 5.71 Å². The molecule has 0 aliphatic carbocycles. The first-order valence-electron chi connectivity index (χ1n) is 8.93. The van der Waals surface area contributed by atoms with Crippen LogP contribution >= 0.6 is 11.9 Å². The lowest BCUT2D eigenvalue weighted by atomic mass is 10.0. The monoisotopic (exact) mass is 402 g/mol. The lowest BCUT2D eigenvalue weighted by Crippen LogP contribution is -1.88. The maximum Gasteiger partial charge on any atom is 0.230 e. The first-order valence-corrected chi connectivity index (χ1v) is 10.1. The lowest BCUT2D eigenvalue weighted by molar-refractivity contribution is 0.617. The first-order chi connectivity index (χ1) is 14.2. The Hall–Kier alpha value is -3.45. The normalized spacial score (nSPS) is 11.2. The summed E-state index contributed by atoms with van der Waals surface area (Å²) in [5.74, 6) is 0.439. The van der Waals surface area contributed by atoms with Crippen LogP contribution in [0.5, 0.6) is 0 Å². The van der Waals surface area contributed by atoms with E-state index in [1.165, 1.54) is 30.4 Å². The van der Waals surface area contributed by atoms with Gasteiger partial charge in [0.15, 0.2) is 0 Å². The molecule has 2 aromatic carbocycles. The van der Waals surface area contributed by atoms with Gasteiger partial charge in [0.1, 0.15) is 23.6 Å². The van der Waals surface area contributed by atoms with Gasteiger partial charge in [0.05, 0.1) is 11.1 Å². The van der Waals surface area contributed by atoms with Crippen LogP contribution in [0.25, 0.3) is 44.9 Å². The highest BCUT2D eigenvalue weighted by molar-refractivity contribution is 7.97. The van der Waals surface area contributed by atoms with Crippen molar-refractivity contribution in [1.29, 1.82) is 0 Å². The van der Waals surface area contributed by atoms with Gasteiger partial charge in [-0.2, -0.15) is 5.10 Å². The van der Waals surface area contributed by atoms with E-state index in [4.69, 9.17) is 4.42 Å². The number of nitrogens with zero attached hydrogens (tertiary/aromatic N) is 4. The Balaban J connectivity index is 1.71. The van der Waals surface area contributed by atoms with Crippen LogP contribution in [-0.4, -0.2) is 25.4 Å². The fourth-order valence-corrected chi connectivity index (χ4v) is 3.63.